The summed E-state index contributed by atoms with van der Waals surface area (Å²) in [6.45, 7) is 10.4. The molecule has 0 N–H and O–H groups in total. The van der Waals surface area contributed by atoms with Crippen LogP contribution in [0.25, 0.3) is 44.3 Å². The molecule has 13 nitrogen and oxygen atoms in total. The van der Waals surface area contributed by atoms with Gasteiger partial charge in [-0.15, -0.1) is 0 Å². The molecule has 1 aliphatic heterocycles. The highest BCUT2D eigenvalue weighted by Gasteiger charge is 2.37. The Bertz CT molecular complexity index is 2910. The van der Waals surface area contributed by atoms with Crippen LogP contribution >= 0.6 is 23.2 Å². The van der Waals surface area contributed by atoms with E-state index in [4.69, 9.17) is 27.9 Å². The van der Waals surface area contributed by atoms with Crippen LogP contribution in [0.5, 0.6) is 5.75 Å². The Balaban J connectivity index is 1.27. The number of benzene rings is 3. The van der Waals surface area contributed by atoms with Gasteiger partial charge in [0.15, 0.2) is 5.82 Å². The molecule has 16 heteroatoms. The van der Waals surface area contributed by atoms with E-state index >= 15 is 4.79 Å². The summed E-state index contributed by atoms with van der Waals surface area (Å²) in [5, 5.41) is 7.49. The van der Waals surface area contributed by atoms with Crippen molar-refractivity contribution >= 4 is 66.7 Å². The minimum atomic E-state index is -3.86. The largest absolute Gasteiger partial charge is 0.494 e. The number of ether oxygens (including phenoxy) is 1. The smallest absolute Gasteiger partial charge is 0.275 e. The Morgan fingerprint density at radius 1 is 0.932 bits per heavy atom. The number of anilines is 1. The summed E-state index contributed by atoms with van der Waals surface area (Å²) in [7, 11) is 1.06. The van der Waals surface area contributed by atoms with Crippen LogP contribution in [0.2, 0.25) is 10.0 Å². The van der Waals surface area contributed by atoms with Crippen LogP contribution in [0.4, 0.5) is 5.69 Å². The molecule has 0 fully saturated rings. The molecule has 0 radical (unpaired) electrons. The minimum Gasteiger partial charge on any atom is -0.494 e. The average molecular weight is 856 g/mol. The van der Waals surface area contributed by atoms with E-state index in [2.05, 4.69) is 35.7 Å². The Kier molecular flexibility index (Phi) is 10.6. The lowest BCUT2D eigenvalue weighted by molar-refractivity contribution is 0.0957. The Morgan fingerprint density at radius 2 is 1.64 bits per heavy atom. The average Bonchev–Trinajstić information content (AvgIpc) is 3.87. The molecule has 1 aliphatic rings. The van der Waals surface area contributed by atoms with Crippen LogP contribution in [-0.4, -0.2) is 68.5 Å². The monoisotopic (exact) mass is 854 g/mol. The van der Waals surface area contributed by atoms with E-state index in [9.17, 15) is 8.42 Å². The molecular weight excluding hydrogens is 811 g/mol. The first-order valence-electron chi connectivity index (χ1n) is 19.2. The maximum absolute atomic E-state index is 15.3. The first kappa shape index (κ1) is 40.5. The van der Waals surface area contributed by atoms with Crippen molar-refractivity contribution in [1.82, 2.24) is 33.9 Å². The lowest BCUT2D eigenvalue weighted by atomic mass is 9.97. The minimum absolute atomic E-state index is 0.120. The number of carbonyl (C=O) groups excluding carboxylic acids is 1. The molecule has 0 saturated carbocycles. The third kappa shape index (κ3) is 7.26. The van der Waals surface area contributed by atoms with Gasteiger partial charge < -0.3 is 18.8 Å². The number of nitrogens with zero attached hydrogens (tertiary/aromatic N) is 8. The molecule has 0 spiro atoms. The Labute approximate surface area is 352 Å². The molecule has 306 valence electrons. The highest BCUT2D eigenvalue weighted by atomic mass is 35.5. The van der Waals surface area contributed by atoms with Crippen molar-refractivity contribution in [1.29, 1.82) is 0 Å². The van der Waals surface area contributed by atoms with Crippen molar-refractivity contribution in [3.8, 4) is 28.3 Å². The van der Waals surface area contributed by atoms with Crippen molar-refractivity contribution in [2.45, 2.75) is 59.3 Å². The summed E-state index contributed by atoms with van der Waals surface area (Å²) < 4.78 is 41.4. The fourth-order valence-electron chi connectivity index (χ4n) is 8.43. The van der Waals surface area contributed by atoms with E-state index in [1.807, 2.05) is 99.9 Å². The van der Waals surface area contributed by atoms with Crippen LogP contribution in [0.3, 0.4) is 0 Å². The molecular formula is C43H44Cl2N8O5S. The molecule has 5 heterocycles. The maximum atomic E-state index is 15.3. The normalized spacial score (nSPS) is 14.5. The SMILES string of the molecule is COS(=O)(=O)Cc1nc(C)c(-c2c(Cl)ccc3c(CCCOc4cc(C)c(Cl)c(C)c4)c4n(c23)[C@H](C)CN(c2cn(C)c3ccc(-c5ncn(C)n5)cc23)C4=O)c(C)n1. The van der Waals surface area contributed by atoms with E-state index in [1.165, 1.54) is 0 Å². The van der Waals surface area contributed by atoms with E-state index in [1.54, 1.807) is 11.0 Å². The third-order valence-corrected chi connectivity index (χ3v) is 13.1. The van der Waals surface area contributed by atoms with Crippen LogP contribution in [0.1, 0.15) is 63.8 Å². The highest BCUT2D eigenvalue weighted by Crippen LogP contribution is 2.46. The van der Waals surface area contributed by atoms with Gasteiger partial charge in [-0.25, -0.2) is 15.0 Å². The van der Waals surface area contributed by atoms with Crippen molar-refractivity contribution in [2.75, 3.05) is 25.2 Å². The summed E-state index contributed by atoms with van der Waals surface area (Å²) in [4.78, 5) is 30.9. The number of hydrogen-bond donors (Lipinski definition) is 0. The summed E-state index contributed by atoms with van der Waals surface area (Å²) in [6.07, 6.45) is 4.82. The summed E-state index contributed by atoms with van der Waals surface area (Å²) in [5.41, 5.74) is 9.20. The zero-order valence-corrected chi connectivity index (χ0v) is 36.4. The molecule has 1 amide bonds. The van der Waals surface area contributed by atoms with E-state index < -0.39 is 15.9 Å². The van der Waals surface area contributed by atoms with Crippen LogP contribution in [0, 0.1) is 27.7 Å². The molecule has 0 bridgehead atoms. The molecule has 3 aromatic carbocycles. The molecule has 7 aromatic rings. The highest BCUT2D eigenvalue weighted by molar-refractivity contribution is 7.85. The molecule has 59 heavy (non-hydrogen) atoms. The quantitative estimate of drug-likeness (QED) is 0.0925. The fourth-order valence-corrected chi connectivity index (χ4v) is 9.35. The number of halogens is 2. The first-order valence-corrected chi connectivity index (χ1v) is 21.5. The molecule has 0 saturated heterocycles. The number of aromatic nitrogens is 7. The number of amides is 1. The Hall–Kier alpha value is -5.28. The van der Waals surface area contributed by atoms with Crippen LogP contribution < -0.4 is 9.64 Å². The second kappa shape index (κ2) is 15.4. The van der Waals surface area contributed by atoms with Gasteiger partial charge in [0.2, 0.25) is 0 Å². The lowest BCUT2D eigenvalue weighted by Crippen LogP contribution is -2.42. The molecule has 0 aliphatic carbocycles. The number of carbonyl (C=O) groups is 1. The second-order valence-electron chi connectivity index (χ2n) is 15.3. The third-order valence-electron chi connectivity index (χ3n) is 11.0. The molecule has 8 rings (SSSR count). The van der Waals surface area contributed by atoms with Gasteiger partial charge in [0.25, 0.3) is 16.0 Å². The topological polar surface area (TPSA) is 139 Å². The second-order valence-corrected chi connectivity index (χ2v) is 17.8. The van der Waals surface area contributed by atoms with Gasteiger partial charge in [0.05, 0.1) is 29.9 Å². The predicted octanol–water partition coefficient (Wildman–Crippen LogP) is 8.64. The van der Waals surface area contributed by atoms with Crippen molar-refractivity contribution in [3.63, 3.8) is 0 Å². The number of rotatable bonds is 11. The number of hydrogen-bond acceptors (Lipinski definition) is 9. The zero-order chi connectivity index (χ0) is 42.1. The van der Waals surface area contributed by atoms with Gasteiger partial charge in [0.1, 0.15) is 29.3 Å². The summed E-state index contributed by atoms with van der Waals surface area (Å²) in [6, 6.07) is 13.6. The van der Waals surface area contributed by atoms with Crippen LogP contribution in [-0.2, 0) is 40.6 Å². The Morgan fingerprint density at radius 3 is 2.31 bits per heavy atom. The van der Waals surface area contributed by atoms with E-state index in [0.29, 0.717) is 65.0 Å². The van der Waals surface area contributed by atoms with Gasteiger partial charge in [0, 0.05) is 82.3 Å². The van der Waals surface area contributed by atoms with Crippen molar-refractivity contribution < 1.29 is 22.1 Å². The van der Waals surface area contributed by atoms with Crippen molar-refractivity contribution in [2.24, 2.45) is 14.1 Å². The standard InChI is InChI=1S/C43H44Cl2N8O5S/c1-23-16-29(17-24(2)39(23)45)58-15-9-10-30-31-12-13-33(44)38(37-26(4)47-36(48-27(37)5)21-59(55,56)57-8)40(31)53-25(3)19-52(43(54)41(30)53)35-20-50(6)34-14-11-28(18-32(34)35)42-46-22-51(7)49-42/h11-14,16-18,20,22,25H,9-10,15,19,21H2,1-8H3/t25-/m1/s1. The van der Waals surface area contributed by atoms with Crippen molar-refractivity contribution in [3.05, 3.63) is 105 Å². The van der Waals surface area contributed by atoms with Gasteiger partial charge >= 0.3 is 0 Å². The molecule has 4 aromatic heterocycles. The summed E-state index contributed by atoms with van der Waals surface area (Å²) in [5.74, 6) is 0.847. The van der Waals surface area contributed by atoms with E-state index in [0.717, 1.165) is 67.6 Å². The molecule has 0 unspecified atom stereocenters. The van der Waals surface area contributed by atoms with Crippen LogP contribution in [0.15, 0.2) is 55.0 Å². The number of fused-ring (bicyclic) bond motifs is 4. The van der Waals surface area contributed by atoms with E-state index in [-0.39, 0.29) is 17.8 Å². The first-order chi connectivity index (χ1) is 28.1. The van der Waals surface area contributed by atoms with Gasteiger partial charge in [-0.05, 0) is 101 Å². The number of aryl methyl sites for hydroxylation is 7. The van der Waals surface area contributed by atoms with Gasteiger partial charge in [-0.2, -0.15) is 13.5 Å². The van der Waals surface area contributed by atoms with Gasteiger partial charge in [-0.1, -0.05) is 29.3 Å². The fraction of sp³-hybridized carbons (Fsp3) is 0.326. The lowest BCUT2D eigenvalue weighted by Gasteiger charge is -2.34. The summed E-state index contributed by atoms with van der Waals surface area (Å²) >= 11 is 13.6. The predicted molar refractivity (Wildman–Crippen MR) is 231 cm³/mol. The van der Waals surface area contributed by atoms with Gasteiger partial charge in [-0.3, -0.25) is 13.7 Å². The molecule has 1 atom stereocenters. The zero-order valence-electron chi connectivity index (χ0n) is 34.1. The maximum Gasteiger partial charge on any atom is 0.275 e.